The zero-order valence-corrected chi connectivity index (χ0v) is 16.8. The summed E-state index contributed by atoms with van der Waals surface area (Å²) in [6.45, 7) is 2.49. The van der Waals surface area contributed by atoms with Gasteiger partial charge in [0, 0.05) is 17.8 Å². The Kier molecular flexibility index (Phi) is 4.12. The van der Waals surface area contributed by atoms with E-state index in [1.807, 2.05) is 19.1 Å². The minimum Gasteiger partial charge on any atom is -0.439 e. The summed E-state index contributed by atoms with van der Waals surface area (Å²) in [5, 5.41) is 10.6. The highest BCUT2D eigenvalue weighted by atomic mass is 16.5. The molecule has 154 valence electrons. The van der Waals surface area contributed by atoms with Gasteiger partial charge in [-0.15, -0.1) is 0 Å². The molecule has 31 heavy (non-hydrogen) atoms. The third-order valence-electron chi connectivity index (χ3n) is 5.99. The van der Waals surface area contributed by atoms with Gasteiger partial charge in [0.05, 0.1) is 5.39 Å². The highest BCUT2D eigenvalue weighted by Crippen LogP contribution is 2.55. The Morgan fingerprint density at radius 2 is 1.87 bits per heavy atom. The number of hydrogen-bond donors (Lipinski definition) is 1. The normalized spacial score (nSPS) is 19.4. The molecule has 1 amide bonds. The summed E-state index contributed by atoms with van der Waals surface area (Å²) >= 11 is 0. The van der Waals surface area contributed by atoms with Gasteiger partial charge in [-0.1, -0.05) is 43.7 Å². The number of ether oxygens (including phenoxy) is 1. The van der Waals surface area contributed by atoms with Crippen molar-refractivity contribution < 1.29 is 13.9 Å². The Hall–Kier alpha value is -4.05. The van der Waals surface area contributed by atoms with Gasteiger partial charge in [-0.3, -0.25) is 4.79 Å². The maximum atomic E-state index is 14.1. The largest absolute Gasteiger partial charge is 0.439 e. The fourth-order valence-electron chi connectivity index (χ4n) is 4.64. The van der Waals surface area contributed by atoms with Crippen LogP contribution in [0, 0.1) is 11.3 Å². The molecule has 2 aliphatic heterocycles. The van der Waals surface area contributed by atoms with Crippen molar-refractivity contribution in [3.05, 3.63) is 81.5 Å². The topological polar surface area (TPSA) is 110 Å². The van der Waals surface area contributed by atoms with Crippen molar-refractivity contribution in [3.8, 4) is 11.8 Å². The van der Waals surface area contributed by atoms with E-state index >= 15 is 0 Å². The fourth-order valence-corrected chi connectivity index (χ4v) is 4.64. The van der Waals surface area contributed by atoms with Gasteiger partial charge >= 0.3 is 5.63 Å². The van der Waals surface area contributed by atoms with E-state index in [2.05, 4.69) is 6.07 Å². The SMILES string of the molecule is CCCCN1C(=O)C2(C(C#N)=C(N)Oc3c2c(=O)oc2ccccc32)c2ccccc21. The van der Waals surface area contributed by atoms with Crippen molar-refractivity contribution in [1.82, 2.24) is 0 Å². The summed E-state index contributed by atoms with van der Waals surface area (Å²) in [5.41, 5.74) is 5.16. The Morgan fingerprint density at radius 1 is 1.13 bits per heavy atom. The van der Waals surface area contributed by atoms with Crippen molar-refractivity contribution in [2.24, 2.45) is 5.73 Å². The first kappa shape index (κ1) is 18.9. The second-order valence-electron chi connectivity index (χ2n) is 7.62. The van der Waals surface area contributed by atoms with Crippen molar-refractivity contribution in [2.45, 2.75) is 25.2 Å². The highest BCUT2D eigenvalue weighted by Gasteiger charge is 2.61. The number of nitrogens with zero attached hydrogens (tertiary/aromatic N) is 2. The Labute approximate surface area is 177 Å². The number of amides is 1. The minimum atomic E-state index is -1.71. The van der Waals surface area contributed by atoms with Gasteiger partial charge in [-0.2, -0.15) is 5.26 Å². The number of anilines is 1. The molecule has 5 rings (SSSR count). The van der Waals surface area contributed by atoms with Gasteiger partial charge in [-0.05, 0) is 24.6 Å². The molecule has 0 saturated carbocycles. The molecule has 2 aliphatic rings. The molecule has 1 aromatic heterocycles. The van der Waals surface area contributed by atoms with E-state index in [1.54, 1.807) is 41.3 Å². The summed E-state index contributed by atoms with van der Waals surface area (Å²) in [7, 11) is 0. The standard InChI is InChI=1S/C24H19N3O4/c1-2-3-12-27-17-10-6-5-9-15(17)24(23(27)29)16(13-25)21(26)31-20-14-8-4-7-11-18(14)30-22(28)19(20)24/h4-11H,2-3,12,26H2,1H3. The number of nitrogens with two attached hydrogens (primary N) is 1. The smallest absolute Gasteiger partial charge is 0.345 e. The lowest BCUT2D eigenvalue weighted by molar-refractivity contribution is -0.121. The molecule has 1 spiro atoms. The molecule has 1 atom stereocenters. The van der Waals surface area contributed by atoms with Crippen LogP contribution in [0.15, 0.2) is 69.2 Å². The third-order valence-corrected chi connectivity index (χ3v) is 5.99. The molecule has 7 heteroatoms. The molecular formula is C24H19N3O4. The van der Waals surface area contributed by atoms with Crippen molar-refractivity contribution >= 4 is 22.6 Å². The Morgan fingerprint density at radius 3 is 2.65 bits per heavy atom. The van der Waals surface area contributed by atoms with Crippen LogP contribution in [-0.4, -0.2) is 12.5 Å². The third kappa shape index (κ3) is 2.33. The second-order valence-corrected chi connectivity index (χ2v) is 7.62. The van der Waals surface area contributed by atoms with E-state index in [4.69, 9.17) is 14.9 Å². The van der Waals surface area contributed by atoms with E-state index in [1.165, 1.54) is 0 Å². The van der Waals surface area contributed by atoms with Gasteiger partial charge < -0.3 is 19.8 Å². The first-order chi connectivity index (χ1) is 15.1. The molecule has 2 aromatic carbocycles. The number of carbonyl (C=O) groups excluding carboxylic acids is 1. The van der Waals surface area contributed by atoms with E-state index in [0.29, 0.717) is 28.8 Å². The van der Waals surface area contributed by atoms with Crippen LogP contribution in [0.3, 0.4) is 0 Å². The lowest BCUT2D eigenvalue weighted by Crippen LogP contribution is -2.48. The Balaban J connectivity index is 1.94. The summed E-state index contributed by atoms with van der Waals surface area (Å²) in [6, 6.07) is 16.1. The molecule has 1 unspecified atom stereocenters. The molecule has 0 aliphatic carbocycles. The molecule has 0 saturated heterocycles. The number of hydrogen-bond acceptors (Lipinski definition) is 6. The average Bonchev–Trinajstić information content (AvgIpc) is 3.01. The zero-order chi connectivity index (χ0) is 21.8. The quantitative estimate of drug-likeness (QED) is 0.660. The maximum Gasteiger partial charge on any atom is 0.345 e. The molecular weight excluding hydrogens is 394 g/mol. The molecule has 3 heterocycles. The monoisotopic (exact) mass is 413 g/mol. The van der Waals surface area contributed by atoms with E-state index in [-0.39, 0.29) is 22.8 Å². The van der Waals surface area contributed by atoms with Crippen LogP contribution in [0.5, 0.6) is 5.75 Å². The first-order valence-electron chi connectivity index (χ1n) is 10.1. The van der Waals surface area contributed by atoms with Crippen molar-refractivity contribution in [1.29, 1.82) is 5.26 Å². The predicted octanol–water partition coefficient (Wildman–Crippen LogP) is 3.31. The number of rotatable bonds is 3. The lowest BCUT2D eigenvalue weighted by Gasteiger charge is -2.33. The van der Waals surface area contributed by atoms with Gasteiger partial charge in [-0.25, -0.2) is 4.79 Å². The zero-order valence-electron chi connectivity index (χ0n) is 16.8. The van der Waals surface area contributed by atoms with E-state index in [0.717, 1.165) is 12.8 Å². The number of para-hydroxylation sites is 2. The molecule has 0 radical (unpaired) electrons. The lowest BCUT2D eigenvalue weighted by atomic mass is 9.69. The second kappa shape index (κ2) is 6.74. The van der Waals surface area contributed by atoms with Crippen LogP contribution in [0.2, 0.25) is 0 Å². The average molecular weight is 413 g/mol. The van der Waals surface area contributed by atoms with Crippen LogP contribution in [-0.2, 0) is 10.2 Å². The van der Waals surface area contributed by atoms with Gasteiger partial charge in [0.2, 0.25) is 11.8 Å². The number of fused-ring (bicyclic) bond motifs is 6. The molecule has 2 N–H and O–H groups in total. The number of nitriles is 1. The van der Waals surface area contributed by atoms with Gasteiger partial charge in [0.1, 0.15) is 22.8 Å². The fraction of sp³-hybridized carbons (Fsp3) is 0.208. The van der Waals surface area contributed by atoms with Gasteiger partial charge in [0.25, 0.3) is 0 Å². The first-order valence-corrected chi connectivity index (χ1v) is 10.1. The van der Waals surface area contributed by atoms with Crippen LogP contribution in [0.1, 0.15) is 30.9 Å². The minimum absolute atomic E-state index is 0.00611. The van der Waals surface area contributed by atoms with Crippen LogP contribution < -0.4 is 21.0 Å². The van der Waals surface area contributed by atoms with Crippen molar-refractivity contribution in [2.75, 3.05) is 11.4 Å². The van der Waals surface area contributed by atoms with Crippen molar-refractivity contribution in [3.63, 3.8) is 0 Å². The maximum absolute atomic E-state index is 14.1. The van der Waals surface area contributed by atoms with Crippen LogP contribution >= 0.6 is 0 Å². The molecule has 3 aromatic rings. The number of benzene rings is 2. The Bertz CT molecular complexity index is 1380. The predicted molar refractivity (Wildman–Crippen MR) is 114 cm³/mol. The molecule has 0 fully saturated rings. The van der Waals surface area contributed by atoms with Gasteiger partial charge in [0.15, 0.2) is 11.2 Å². The number of carbonyl (C=O) groups is 1. The summed E-state index contributed by atoms with van der Waals surface area (Å²) in [4.78, 5) is 29.0. The molecule has 0 bridgehead atoms. The van der Waals surface area contributed by atoms with E-state index in [9.17, 15) is 14.9 Å². The molecule has 7 nitrogen and oxygen atoms in total. The summed E-state index contributed by atoms with van der Waals surface area (Å²) < 4.78 is 11.4. The highest BCUT2D eigenvalue weighted by molar-refractivity contribution is 6.14. The summed E-state index contributed by atoms with van der Waals surface area (Å²) in [6.07, 6.45) is 1.65. The number of unbranched alkanes of at least 4 members (excludes halogenated alkanes) is 1. The van der Waals surface area contributed by atoms with Crippen LogP contribution in [0.25, 0.3) is 11.0 Å². The van der Waals surface area contributed by atoms with E-state index < -0.39 is 16.9 Å². The summed E-state index contributed by atoms with van der Waals surface area (Å²) in [5.74, 6) is -0.427. The van der Waals surface area contributed by atoms with Crippen LogP contribution in [0.4, 0.5) is 5.69 Å².